The predicted octanol–water partition coefficient (Wildman–Crippen LogP) is 1.24. The van der Waals surface area contributed by atoms with Gasteiger partial charge in [-0.05, 0) is 27.8 Å². The Morgan fingerprint density at radius 3 is 2.47 bits per heavy atom. The molecular formula is C9H7BrN4O. The molecule has 0 radical (unpaired) electrons. The normalized spacial score (nSPS) is 10.3. The molecule has 2 rings (SSSR count). The Labute approximate surface area is 94.6 Å². The molecule has 2 aromatic heterocycles. The van der Waals surface area contributed by atoms with Gasteiger partial charge in [-0.15, -0.1) is 0 Å². The zero-order valence-corrected chi connectivity index (χ0v) is 9.47. The zero-order valence-electron chi connectivity index (χ0n) is 7.88. The van der Waals surface area contributed by atoms with E-state index in [1.165, 1.54) is 6.20 Å². The molecule has 0 bridgehead atoms. The third-order valence-corrected chi connectivity index (χ3v) is 2.21. The highest BCUT2D eigenvalue weighted by atomic mass is 79.9. The summed E-state index contributed by atoms with van der Waals surface area (Å²) in [6, 6.07) is 0. The number of hydrogen-bond acceptors (Lipinski definition) is 4. The van der Waals surface area contributed by atoms with Gasteiger partial charge in [0.2, 0.25) is 0 Å². The molecule has 0 fully saturated rings. The number of nitrogens with zero attached hydrogens (tertiary/aromatic N) is 4. The van der Waals surface area contributed by atoms with E-state index in [0.29, 0.717) is 26.4 Å². The van der Waals surface area contributed by atoms with Crippen molar-refractivity contribution in [1.29, 1.82) is 0 Å². The summed E-state index contributed by atoms with van der Waals surface area (Å²) in [6.07, 6.45) is 6.10. The Hall–Kier alpha value is -1.56. The van der Waals surface area contributed by atoms with Crippen molar-refractivity contribution in [2.45, 2.75) is 6.92 Å². The molecule has 0 aliphatic carbocycles. The third-order valence-electron chi connectivity index (χ3n) is 1.80. The van der Waals surface area contributed by atoms with Crippen LogP contribution in [0, 0.1) is 12.1 Å². The van der Waals surface area contributed by atoms with Crippen molar-refractivity contribution in [2.75, 3.05) is 0 Å². The summed E-state index contributed by atoms with van der Waals surface area (Å²) in [5, 5.41) is 11.5. The highest BCUT2D eigenvalue weighted by molar-refractivity contribution is 9.10. The molecule has 6 heteroatoms. The zero-order chi connectivity index (χ0) is 10.8. The quantitative estimate of drug-likeness (QED) is 0.576. The van der Waals surface area contributed by atoms with Crippen LogP contribution >= 0.6 is 15.9 Å². The molecule has 5 nitrogen and oxygen atoms in total. The Kier molecular flexibility index (Phi) is 2.59. The van der Waals surface area contributed by atoms with Crippen molar-refractivity contribution in [3.05, 3.63) is 40.3 Å². The minimum Gasteiger partial charge on any atom is -0.710 e. The van der Waals surface area contributed by atoms with Gasteiger partial charge in [-0.2, -0.15) is 0 Å². The highest BCUT2D eigenvalue weighted by Gasteiger charge is 2.11. The van der Waals surface area contributed by atoms with E-state index in [2.05, 4.69) is 30.9 Å². The summed E-state index contributed by atoms with van der Waals surface area (Å²) >= 11 is 3.17. The van der Waals surface area contributed by atoms with E-state index >= 15 is 0 Å². The molecule has 0 saturated carbocycles. The van der Waals surface area contributed by atoms with Crippen molar-refractivity contribution in [3.8, 4) is 11.4 Å². The summed E-state index contributed by atoms with van der Waals surface area (Å²) < 4.78 is 1.31. The van der Waals surface area contributed by atoms with Gasteiger partial charge in [0.05, 0.1) is 0 Å². The van der Waals surface area contributed by atoms with Crippen LogP contribution in [-0.2, 0) is 0 Å². The molecular weight excluding hydrogens is 260 g/mol. The molecule has 0 aliphatic rings. The van der Waals surface area contributed by atoms with Gasteiger partial charge in [-0.3, -0.25) is 0 Å². The van der Waals surface area contributed by atoms with E-state index in [0.717, 1.165) is 0 Å². The van der Waals surface area contributed by atoms with Crippen LogP contribution in [0.15, 0.2) is 29.3 Å². The average molecular weight is 267 g/mol. The lowest BCUT2D eigenvalue weighted by molar-refractivity contribution is -0.597. The van der Waals surface area contributed by atoms with Crippen LogP contribution in [0.5, 0.6) is 0 Å². The third kappa shape index (κ3) is 2.10. The van der Waals surface area contributed by atoms with E-state index in [9.17, 15) is 5.21 Å². The van der Waals surface area contributed by atoms with Gasteiger partial charge in [-0.25, -0.2) is 14.7 Å². The second kappa shape index (κ2) is 3.90. The second-order valence-electron chi connectivity index (χ2n) is 2.94. The van der Waals surface area contributed by atoms with Crippen LogP contribution < -0.4 is 4.73 Å². The van der Waals surface area contributed by atoms with Crippen molar-refractivity contribution >= 4 is 15.9 Å². The fraction of sp³-hybridized carbons (Fsp3) is 0.111. The maximum Gasteiger partial charge on any atom is 0.336 e. The van der Waals surface area contributed by atoms with Gasteiger partial charge >= 0.3 is 5.82 Å². The Morgan fingerprint density at radius 1 is 1.20 bits per heavy atom. The lowest BCUT2D eigenvalue weighted by Gasteiger charge is -2.04. The summed E-state index contributed by atoms with van der Waals surface area (Å²) in [7, 11) is 0. The van der Waals surface area contributed by atoms with Crippen LogP contribution in [0.3, 0.4) is 0 Å². The Morgan fingerprint density at radius 2 is 1.87 bits per heavy atom. The van der Waals surface area contributed by atoms with Gasteiger partial charge in [0.1, 0.15) is 22.1 Å². The highest BCUT2D eigenvalue weighted by Crippen LogP contribution is 2.12. The number of aromatic nitrogens is 4. The molecule has 0 N–H and O–H groups in total. The van der Waals surface area contributed by atoms with Gasteiger partial charge in [0, 0.05) is 12.4 Å². The van der Waals surface area contributed by atoms with Gasteiger partial charge in [0.25, 0.3) is 0 Å². The van der Waals surface area contributed by atoms with E-state index in [1.54, 1.807) is 25.5 Å². The maximum absolute atomic E-state index is 11.5. The summed E-state index contributed by atoms with van der Waals surface area (Å²) in [5.74, 6) is 0.950. The molecule has 15 heavy (non-hydrogen) atoms. The maximum atomic E-state index is 11.5. The molecule has 0 aliphatic heterocycles. The van der Waals surface area contributed by atoms with Crippen LogP contribution in [0.25, 0.3) is 11.4 Å². The fourth-order valence-electron chi connectivity index (χ4n) is 1.10. The predicted molar refractivity (Wildman–Crippen MR) is 56.7 cm³/mol. The first-order valence-corrected chi connectivity index (χ1v) is 5.00. The van der Waals surface area contributed by atoms with Crippen molar-refractivity contribution in [2.24, 2.45) is 0 Å². The number of rotatable bonds is 1. The molecule has 76 valence electrons. The monoisotopic (exact) mass is 266 g/mol. The molecule has 0 amide bonds. The fourth-order valence-corrected chi connectivity index (χ4v) is 1.38. The van der Waals surface area contributed by atoms with Crippen LogP contribution in [0.1, 0.15) is 5.82 Å². The van der Waals surface area contributed by atoms with E-state index in [4.69, 9.17) is 0 Å². The van der Waals surface area contributed by atoms with Crippen molar-refractivity contribution < 1.29 is 4.73 Å². The lowest BCUT2D eigenvalue weighted by Crippen LogP contribution is -2.30. The standard InChI is InChI=1S/C9H7BrN4O/c1-6-11-2-7(3-12-6)9-13-4-8(10)5-14(9)15/h2-5H,1H3. The molecule has 2 heterocycles. The first-order chi connectivity index (χ1) is 7.16. The van der Waals surface area contributed by atoms with E-state index in [1.807, 2.05) is 0 Å². The number of hydrogen-bond donors (Lipinski definition) is 0. The lowest BCUT2D eigenvalue weighted by atomic mass is 10.3. The molecule has 0 aromatic carbocycles. The summed E-state index contributed by atoms with van der Waals surface area (Å²) in [6.45, 7) is 1.78. The molecule has 0 atom stereocenters. The Balaban J connectivity index is 2.49. The molecule has 0 saturated heterocycles. The van der Waals surface area contributed by atoms with E-state index in [-0.39, 0.29) is 0 Å². The Bertz CT molecular complexity index is 486. The number of halogens is 1. The SMILES string of the molecule is Cc1ncc(-c2ncc(Br)c[n+]2[O-])cn1. The topological polar surface area (TPSA) is 65.6 Å². The van der Waals surface area contributed by atoms with Gasteiger partial charge in [-0.1, -0.05) is 0 Å². The minimum absolute atomic E-state index is 0.290. The van der Waals surface area contributed by atoms with Gasteiger partial charge < -0.3 is 5.21 Å². The molecule has 0 spiro atoms. The van der Waals surface area contributed by atoms with E-state index < -0.39 is 0 Å². The van der Waals surface area contributed by atoms with Gasteiger partial charge in [0.15, 0.2) is 6.20 Å². The first-order valence-electron chi connectivity index (χ1n) is 4.20. The van der Waals surface area contributed by atoms with Crippen molar-refractivity contribution in [3.63, 3.8) is 0 Å². The number of aryl methyl sites for hydroxylation is 1. The average Bonchev–Trinajstić information content (AvgIpc) is 2.20. The van der Waals surface area contributed by atoms with Crippen LogP contribution in [0.2, 0.25) is 0 Å². The van der Waals surface area contributed by atoms with Crippen LogP contribution in [-0.4, -0.2) is 15.0 Å². The first kappa shape index (κ1) is 9.97. The largest absolute Gasteiger partial charge is 0.710 e. The smallest absolute Gasteiger partial charge is 0.336 e. The van der Waals surface area contributed by atoms with Crippen LogP contribution in [0.4, 0.5) is 0 Å². The molecule has 2 aromatic rings. The van der Waals surface area contributed by atoms with Crippen molar-refractivity contribution in [1.82, 2.24) is 15.0 Å². The molecule has 0 unspecified atom stereocenters. The summed E-state index contributed by atoms with van der Waals surface area (Å²) in [5.41, 5.74) is 0.600. The second-order valence-corrected chi connectivity index (χ2v) is 3.86. The minimum atomic E-state index is 0.290. The summed E-state index contributed by atoms with van der Waals surface area (Å²) in [4.78, 5) is 12.0.